The van der Waals surface area contributed by atoms with E-state index in [0.717, 1.165) is 16.9 Å². The second-order valence-corrected chi connectivity index (χ2v) is 6.08. The number of fused-ring (bicyclic) bond motifs is 1. The lowest BCUT2D eigenvalue weighted by Crippen LogP contribution is -2.45. The molecule has 1 fully saturated rings. The number of nitrogens with one attached hydrogen (secondary N) is 1. The van der Waals surface area contributed by atoms with Crippen LogP contribution in [0.1, 0.15) is 44.3 Å². The molecule has 1 aromatic heterocycles. The molecule has 1 aliphatic rings. The summed E-state index contributed by atoms with van der Waals surface area (Å²) in [6.45, 7) is 5.28. The van der Waals surface area contributed by atoms with Crippen LogP contribution in [0.4, 0.5) is 0 Å². The van der Waals surface area contributed by atoms with Crippen molar-refractivity contribution in [3.8, 4) is 0 Å². The molecule has 4 nitrogen and oxygen atoms in total. The highest BCUT2D eigenvalue weighted by Crippen LogP contribution is 2.29. The molecule has 0 aliphatic carbocycles. The largest absolute Gasteiger partial charge is 0.342 e. The summed E-state index contributed by atoms with van der Waals surface area (Å²) in [7, 11) is 0. The Labute approximate surface area is 126 Å². The third-order valence-electron chi connectivity index (χ3n) is 4.65. The van der Waals surface area contributed by atoms with Crippen LogP contribution in [0.2, 0.25) is 0 Å². The van der Waals surface area contributed by atoms with Crippen molar-refractivity contribution in [3.63, 3.8) is 0 Å². The van der Waals surface area contributed by atoms with Crippen LogP contribution in [0.5, 0.6) is 0 Å². The fourth-order valence-electron chi connectivity index (χ4n) is 3.64. The van der Waals surface area contributed by atoms with Crippen LogP contribution in [-0.2, 0) is 0 Å². The van der Waals surface area contributed by atoms with Crippen molar-refractivity contribution >= 4 is 11.0 Å². The minimum absolute atomic E-state index is 0.309. The number of rotatable bonds is 5. The van der Waals surface area contributed by atoms with E-state index in [9.17, 15) is 0 Å². The van der Waals surface area contributed by atoms with Gasteiger partial charge in [0.15, 0.2) is 0 Å². The van der Waals surface area contributed by atoms with Gasteiger partial charge < -0.3 is 10.7 Å². The summed E-state index contributed by atoms with van der Waals surface area (Å²) in [6, 6.07) is 8.77. The average molecular weight is 286 g/mol. The van der Waals surface area contributed by atoms with Gasteiger partial charge in [-0.2, -0.15) is 0 Å². The van der Waals surface area contributed by atoms with Gasteiger partial charge in [0, 0.05) is 18.5 Å². The number of imidazole rings is 1. The number of aromatic amines is 1. The molecule has 2 atom stereocenters. The van der Waals surface area contributed by atoms with E-state index in [4.69, 9.17) is 10.7 Å². The number of likely N-dealkylation sites (tertiary alicyclic amines) is 1. The first-order valence-electron chi connectivity index (χ1n) is 8.22. The Bertz CT molecular complexity index is 542. The van der Waals surface area contributed by atoms with Crippen LogP contribution in [0.15, 0.2) is 24.3 Å². The van der Waals surface area contributed by atoms with Gasteiger partial charge in [-0.15, -0.1) is 0 Å². The first-order valence-corrected chi connectivity index (χ1v) is 8.22. The molecule has 2 unspecified atom stereocenters. The molecule has 114 valence electrons. The predicted molar refractivity (Wildman–Crippen MR) is 87.4 cm³/mol. The fourth-order valence-corrected chi connectivity index (χ4v) is 3.64. The number of piperidine rings is 1. The number of H-pyrrole nitrogens is 1. The molecule has 0 amide bonds. The Balaban J connectivity index is 1.88. The van der Waals surface area contributed by atoms with E-state index < -0.39 is 0 Å². The van der Waals surface area contributed by atoms with Gasteiger partial charge in [-0.1, -0.05) is 25.5 Å². The molecule has 4 heteroatoms. The second-order valence-electron chi connectivity index (χ2n) is 6.08. The number of hydrogen-bond donors (Lipinski definition) is 2. The molecule has 3 N–H and O–H groups in total. The van der Waals surface area contributed by atoms with E-state index in [0.29, 0.717) is 18.5 Å². The van der Waals surface area contributed by atoms with Crippen molar-refractivity contribution < 1.29 is 0 Å². The fraction of sp³-hybridized carbons (Fsp3) is 0.588. The van der Waals surface area contributed by atoms with Crippen molar-refractivity contribution in [1.82, 2.24) is 14.9 Å². The monoisotopic (exact) mass is 286 g/mol. The normalized spacial score (nSPS) is 21.7. The van der Waals surface area contributed by atoms with Crippen LogP contribution < -0.4 is 5.73 Å². The van der Waals surface area contributed by atoms with E-state index in [1.807, 2.05) is 12.1 Å². The molecular weight excluding hydrogens is 260 g/mol. The summed E-state index contributed by atoms with van der Waals surface area (Å²) in [5.74, 6) is 1.37. The van der Waals surface area contributed by atoms with Crippen LogP contribution in [0, 0.1) is 0 Å². The summed E-state index contributed by atoms with van der Waals surface area (Å²) < 4.78 is 0. The van der Waals surface area contributed by atoms with Crippen molar-refractivity contribution in [2.24, 2.45) is 5.73 Å². The molecule has 0 saturated carbocycles. The molecule has 0 bridgehead atoms. The Kier molecular flexibility index (Phi) is 4.56. The van der Waals surface area contributed by atoms with Crippen LogP contribution in [-0.4, -0.2) is 40.5 Å². The molecule has 1 saturated heterocycles. The third kappa shape index (κ3) is 2.97. The third-order valence-corrected chi connectivity index (χ3v) is 4.65. The Hall–Kier alpha value is -1.39. The number of benzene rings is 1. The van der Waals surface area contributed by atoms with Crippen LogP contribution >= 0.6 is 0 Å². The van der Waals surface area contributed by atoms with Crippen molar-refractivity contribution in [2.75, 3.05) is 19.6 Å². The number of aromatic nitrogens is 2. The van der Waals surface area contributed by atoms with Gasteiger partial charge in [0.1, 0.15) is 5.82 Å². The van der Waals surface area contributed by atoms with E-state index in [2.05, 4.69) is 28.9 Å². The first-order chi connectivity index (χ1) is 10.3. The van der Waals surface area contributed by atoms with E-state index >= 15 is 0 Å². The maximum Gasteiger partial charge on any atom is 0.113 e. The van der Waals surface area contributed by atoms with Crippen molar-refractivity contribution in [1.29, 1.82) is 0 Å². The minimum Gasteiger partial charge on any atom is -0.342 e. The maximum atomic E-state index is 6.13. The number of para-hydroxylation sites is 2. The summed E-state index contributed by atoms with van der Waals surface area (Å²) in [6.07, 6.45) is 5.06. The second kappa shape index (κ2) is 6.58. The minimum atomic E-state index is 0.309. The highest BCUT2D eigenvalue weighted by molar-refractivity contribution is 5.74. The molecule has 1 aliphatic heterocycles. The zero-order valence-corrected chi connectivity index (χ0v) is 12.9. The van der Waals surface area contributed by atoms with Gasteiger partial charge in [-0.25, -0.2) is 4.98 Å². The van der Waals surface area contributed by atoms with E-state index in [-0.39, 0.29) is 0 Å². The average Bonchev–Trinajstić information content (AvgIpc) is 2.93. The zero-order valence-electron chi connectivity index (χ0n) is 12.9. The lowest BCUT2D eigenvalue weighted by molar-refractivity contribution is 0.125. The Morgan fingerprint density at radius 1 is 1.38 bits per heavy atom. The summed E-state index contributed by atoms with van der Waals surface area (Å²) in [4.78, 5) is 10.9. The molecule has 21 heavy (non-hydrogen) atoms. The molecule has 0 radical (unpaired) electrons. The number of nitrogens with two attached hydrogens (primary N) is 1. The van der Waals surface area contributed by atoms with Gasteiger partial charge >= 0.3 is 0 Å². The molecule has 1 aromatic carbocycles. The topological polar surface area (TPSA) is 57.9 Å². The summed E-state index contributed by atoms with van der Waals surface area (Å²) in [5, 5.41) is 0. The highest BCUT2D eigenvalue weighted by Gasteiger charge is 2.31. The molecular formula is C17H26N4. The Morgan fingerprint density at radius 3 is 3.00 bits per heavy atom. The number of nitrogens with zero attached hydrogens (tertiary/aromatic N) is 2. The lowest BCUT2D eigenvalue weighted by Gasteiger charge is -2.39. The van der Waals surface area contributed by atoms with Gasteiger partial charge in [0.05, 0.1) is 11.0 Å². The SMILES string of the molecule is CCCN1CCCCC1C(CN)c1nc2ccccc2[nH]1. The van der Waals surface area contributed by atoms with Gasteiger partial charge in [-0.05, 0) is 44.5 Å². The molecule has 0 spiro atoms. The summed E-state index contributed by atoms with van der Waals surface area (Å²) in [5.41, 5.74) is 8.29. The molecule has 3 rings (SSSR count). The predicted octanol–water partition coefficient (Wildman–Crippen LogP) is 2.87. The van der Waals surface area contributed by atoms with Crippen molar-refractivity contribution in [2.45, 2.75) is 44.6 Å². The molecule has 2 aromatic rings. The van der Waals surface area contributed by atoms with Gasteiger partial charge in [0.25, 0.3) is 0 Å². The van der Waals surface area contributed by atoms with Gasteiger partial charge in [0.2, 0.25) is 0 Å². The Morgan fingerprint density at radius 2 is 2.24 bits per heavy atom. The maximum absolute atomic E-state index is 6.13. The molecule has 2 heterocycles. The smallest absolute Gasteiger partial charge is 0.113 e. The summed E-state index contributed by atoms with van der Waals surface area (Å²) >= 11 is 0. The first kappa shape index (κ1) is 14.5. The number of hydrogen-bond acceptors (Lipinski definition) is 3. The van der Waals surface area contributed by atoms with Gasteiger partial charge in [-0.3, -0.25) is 4.90 Å². The lowest BCUT2D eigenvalue weighted by atomic mass is 9.89. The zero-order chi connectivity index (χ0) is 14.7. The standard InChI is InChI=1S/C17H26N4/c1-2-10-21-11-6-5-9-16(21)13(12-18)17-19-14-7-3-4-8-15(14)20-17/h3-4,7-8,13,16H,2,5-6,9-12,18H2,1H3,(H,19,20). The van der Waals surface area contributed by atoms with E-state index in [1.165, 1.54) is 38.8 Å². The highest BCUT2D eigenvalue weighted by atomic mass is 15.2. The quantitative estimate of drug-likeness (QED) is 0.888. The van der Waals surface area contributed by atoms with E-state index in [1.54, 1.807) is 0 Å². The van der Waals surface area contributed by atoms with Crippen molar-refractivity contribution in [3.05, 3.63) is 30.1 Å². The van der Waals surface area contributed by atoms with Crippen LogP contribution in [0.25, 0.3) is 11.0 Å². The van der Waals surface area contributed by atoms with Crippen LogP contribution in [0.3, 0.4) is 0 Å².